The molecule has 0 aliphatic heterocycles. The Hall–Kier alpha value is -2.40. The lowest BCUT2D eigenvalue weighted by atomic mass is 9.89. The maximum Gasteiger partial charge on any atom is 0.325 e. The number of fused-ring (bicyclic) bond motifs is 1. The average Bonchev–Trinajstić information content (AvgIpc) is 2.89. The van der Waals surface area contributed by atoms with Crippen molar-refractivity contribution in [3.63, 3.8) is 0 Å². The summed E-state index contributed by atoms with van der Waals surface area (Å²) < 4.78 is 4.97. The highest BCUT2D eigenvalue weighted by Crippen LogP contribution is 2.36. The number of aryl methyl sites for hydroxylation is 1. The quantitative estimate of drug-likeness (QED) is 0.546. The van der Waals surface area contributed by atoms with E-state index in [4.69, 9.17) is 4.74 Å². The first-order valence-electron chi connectivity index (χ1n) is 10.4. The number of hydrogen-bond donors (Lipinski definition) is 2. The zero-order chi connectivity index (χ0) is 20.6. The summed E-state index contributed by atoms with van der Waals surface area (Å²) in [5.74, 6) is -1.28. The molecule has 3 rings (SSSR count). The summed E-state index contributed by atoms with van der Waals surface area (Å²) in [6, 6.07) is 2.21. The Bertz CT molecular complexity index is 806. The molecule has 29 heavy (non-hydrogen) atoms. The maximum atomic E-state index is 12.2. The van der Waals surface area contributed by atoms with Gasteiger partial charge in [0.15, 0.2) is 6.61 Å². The number of anilines is 1. The molecule has 2 aliphatic carbocycles. The molecule has 0 aromatic carbocycles. The highest BCUT2D eigenvalue weighted by Gasteiger charge is 2.23. The lowest BCUT2D eigenvalue weighted by Gasteiger charge is -2.20. The largest absolute Gasteiger partial charge is 0.454 e. The number of nitriles is 1. The van der Waals surface area contributed by atoms with Gasteiger partial charge in [0, 0.05) is 10.8 Å². The predicted octanol–water partition coefficient (Wildman–Crippen LogP) is 3.07. The monoisotopic (exact) mass is 417 g/mol. The van der Waals surface area contributed by atoms with Gasteiger partial charge in [0.05, 0.1) is 5.56 Å². The summed E-state index contributed by atoms with van der Waals surface area (Å²) in [5, 5.41) is 15.3. The van der Waals surface area contributed by atoms with E-state index in [2.05, 4.69) is 16.7 Å². The third-order valence-corrected chi connectivity index (χ3v) is 6.74. The number of nitrogens with zero attached hydrogens (tertiary/aromatic N) is 1. The zero-order valence-corrected chi connectivity index (χ0v) is 17.4. The third-order valence-electron chi connectivity index (χ3n) is 5.53. The molecule has 2 amide bonds. The molecule has 0 bridgehead atoms. The van der Waals surface area contributed by atoms with E-state index >= 15 is 0 Å². The standard InChI is InChI=1S/C21H27N3O4S/c22-11-16-15-9-5-2-6-10-17(15)29-21(16)24-18(25)13-28-19(26)12-23-20(27)14-7-3-1-4-8-14/h14H,1-10,12-13H2,(H,23,27)(H,24,25). The molecular formula is C21H27N3O4S. The number of nitrogens with one attached hydrogen (secondary N) is 2. The SMILES string of the molecule is N#Cc1c(NC(=O)COC(=O)CNC(=O)C2CCCCC2)sc2c1CCCCC2. The lowest BCUT2D eigenvalue weighted by molar-refractivity contribution is -0.147. The van der Waals surface area contributed by atoms with E-state index < -0.39 is 18.5 Å². The van der Waals surface area contributed by atoms with Crippen LogP contribution in [0.3, 0.4) is 0 Å². The van der Waals surface area contributed by atoms with Gasteiger partial charge in [0.1, 0.15) is 17.6 Å². The minimum atomic E-state index is -0.647. The van der Waals surface area contributed by atoms with Crippen LogP contribution < -0.4 is 10.6 Å². The molecule has 1 fully saturated rings. The first-order chi connectivity index (χ1) is 14.1. The molecule has 0 saturated heterocycles. The fourth-order valence-corrected chi connectivity index (χ4v) is 5.23. The summed E-state index contributed by atoms with van der Waals surface area (Å²) in [6.07, 6.45) is 10.0. The molecular weight excluding hydrogens is 390 g/mol. The molecule has 1 heterocycles. The van der Waals surface area contributed by atoms with Crippen molar-refractivity contribution < 1.29 is 19.1 Å². The molecule has 1 saturated carbocycles. The second-order valence-corrected chi connectivity index (χ2v) is 8.75. The normalized spacial score (nSPS) is 16.8. The second-order valence-electron chi connectivity index (χ2n) is 7.64. The van der Waals surface area contributed by atoms with Crippen LogP contribution in [0.1, 0.15) is 67.4 Å². The second kappa shape index (κ2) is 10.4. The molecule has 1 aromatic rings. The van der Waals surface area contributed by atoms with E-state index in [0.717, 1.165) is 74.6 Å². The number of thiophene rings is 1. The first kappa shape index (κ1) is 21.3. The fourth-order valence-electron chi connectivity index (χ4n) is 3.98. The highest BCUT2D eigenvalue weighted by atomic mass is 32.1. The molecule has 156 valence electrons. The van der Waals surface area contributed by atoms with Gasteiger partial charge in [-0.15, -0.1) is 11.3 Å². The van der Waals surface area contributed by atoms with E-state index in [9.17, 15) is 19.6 Å². The van der Waals surface area contributed by atoms with Gasteiger partial charge in [0.25, 0.3) is 5.91 Å². The molecule has 2 aliphatic rings. The minimum absolute atomic E-state index is 0.0293. The van der Waals surface area contributed by atoms with Gasteiger partial charge in [-0.1, -0.05) is 25.7 Å². The van der Waals surface area contributed by atoms with Crippen molar-refractivity contribution in [3.05, 3.63) is 16.0 Å². The molecule has 8 heteroatoms. The molecule has 1 aromatic heterocycles. The van der Waals surface area contributed by atoms with E-state index in [0.29, 0.717) is 10.6 Å². The Kier molecular flexibility index (Phi) is 7.64. The van der Waals surface area contributed by atoms with Crippen molar-refractivity contribution >= 4 is 34.1 Å². The van der Waals surface area contributed by atoms with E-state index in [-0.39, 0.29) is 18.4 Å². The van der Waals surface area contributed by atoms with Crippen LogP contribution >= 0.6 is 11.3 Å². The number of carbonyl (C=O) groups is 3. The van der Waals surface area contributed by atoms with E-state index in [1.807, 2.05) is 0 Å². The Morgan fingerprint density at radius 1 is 1.07 bits per heavy atom. The Morgan fingerprint density at radius 3 is 2.55 bits per heavy atom. The number of esters is 1. The molecule has 7 nitrogen and oxygen atoms in total. The Labute approximate surface area is 174 Å². The smallest absolute Gasteiger partial charge is 0.325 e. The van der Waals surface area contributed by atoms with Gasteiger partial charge >= 0.3 is 5.97 Å². The highest BCUT2D eigenvalue weighted by molar-refractivity contribution is 7.16. The van der Waals surface area contributed by atoms with E-state index in [1.165, 1.54) is 11.3 Å². The summed E-state index contributed by atoms with van der Waals surface area (Å²) in [6.45, 7) is -0.676. The average molecular weight is 418 g/mol. The topological polar surface area (TPSA) is 108 Å². The molecule has 0 radical (unpaired) electrons. The summed E-state index contributed by atoms with van der Waals surface area (Å²) in [7, 11) is 0. The van der Waals surface area contributed by atoms with Crippen molar-refractivity contribution in [1.29, 1.82) is 5.26 Å². The maximum absolute atomic E-state index is 12.2. The first-order valence-corrected chi connectivity index (χ1v) is 11.2. The number of ether oxygens (including phenoxy) is 1. The molecule has 2 N–H and O–H groups in total. The van der Waals surface area contributed by atoms with Crippen LogP contribution in [-0.2, 0) is 32.0 Å². The summed E-state index contributed by atoms with van der Waals surface area (Å²) in [5.41, 5.74) is 1.58. The predicted molar refractivity (Wildman–Crippen MR) is 109 cm³/mol. The van der Waals surface area contributed by atoms with Gasteiger partial charge in [-0.25, -0.2) is 0 Å². The van der Waals surface area contributed by atoms with Crippen LogP contribution in [0.25, 0.3) is 0 Å². The Morgan fingerprint density at radius 2 is 1.79 bits per heavy atom. The molecule has 0 unspecified atom stereocenters. The number of hydrogen-bond acceptors (Lipinski definition) is 6. The zero-order valence-electron chi connectivity index (χ0n) is 16.6. The van der Waals surface area contributed by atoms with Crippen LogP contribution in [0.2, 0.25) is 0 Å². The van der Waals surface area contributed by atoms with Gasteiger partial charge < -0.3 is 15.4 Å². The Balaban J connectivity index is 1.44. The lowest BCUT2D eigenvalue weighted by Crippen LogP contribution is -2.36. The van der Waals surface area contributed by atoms with Crippen molar-refractivity contribution in [2.75, 3.05) is 18.5 Å². The van der Waals surface area contributed by atoms with Gasteiger partial charge in [-0.05, 0) is 44.1 Å². The van der Waals surface area contributed by atoms with Crippen molar-refractivity contribution in [2.45, 2.75) is 64.2 Å². The van der Waals surface area contributed by atoms with Crippen LogP contribution in [0, 0.1) is 17.2 Å². The van der Waals surface area contributed by atoms with Crippen LogP contribution in [0.5, 0.6) is 0 Å². The van der Waals surface area contributed by atoms with Gasteiger partial charge in [-0.3, -0.25) is 14.4 Å². The van der Waals surface area contributed by atoms with Crippen LogP contribution in [0.15, 0.2) is 0 Å². The van der Waals surface area contributed by atoms with Crippen molar-refractivity contribution in [3.8, 4) is 6.07 Å². The van der Waals surface area contributed by atoms with Gasteiger partial charge in [-0.2, -0.15) is 5.26 Å². The minimum Gasteiger partial charge on any atom is -0.454 e. The number of rotatable bonds is 6. The van der Waals surface area contributed by atoms with Crippen LogP contribution in [-0.4, -0.2) is 30.9 Å². The molecule has 0 atom stereocenters. The van der Waals surface area contributed by atoms with Crippen molar-refractivity contribution in [2.24, 2.45) is 5.92 Å². The van der Waals surface area contributed by atoms with Gasteiger partial charge in [0.2, 0.25) is 5.91 Å². The fraction of sp³-hybridized carbons (Fsp3) is 0.619. The summed E-state index contributed by atoms with van der Waals surface area (Å²) >= 11 is 1.44. The number of amides is 2. The third kappa shape index (κ3) is 5.80. The summed E-state index contributed by atoms with van der Waals surface area (Å²) in [4.78, 5) is 37.2. The molecule has 0 spiro atoms. The number of carbonyl (C=O) groups excluding carboxylic acids is 3. The van der Waals surface area contributed by atoms with Crippen LogP contribution in [0.4, 0.5) is 5.00 Å². The van der Waals surface area contributed by atoms with Crippen molar-refractivity contribution in [1.82, 2.24) is 5.32 Å². The van der Waals surface area contributed by atoms with E-state index in [1.54, 1.807) is 0 Å².